The van der Waals surface area contributed by atoms with Crippen molar-refractivity contribution >= 4 is 17.4 Å². The third-order valence-electron chi connectivity index (χ3n) is 2.96. The van der Waals surface area contributed by atoms with Crippen molar-refractivity contribution in [2.45, 2.75) is 6.42 Å². The lowest BCUT2D eigenvalue weighted by Crippen LogP contribution is -2.02. The highest BCUT2D eigenvalue weighted by atomic mass is 35.5. The highest BCUT2D eigenvalue weighted by Crippen LogP contribution is 2.42. The molecule has 0 saturated heterocycles. The number of ketones is 1. The lowest BCUT2D eigenvalue weighted by Gasteiger charge is -2.10. The number of fused-ring (bicyclic) bond motifs is 2. The third-order valence-corrected chi connectivity index (χ3v) is 3.25. The molecule has 96 valence electrons. The molecule has 1 aliphatic rings. The van der Waals surface area contributed by atoms with Gasteiger partial charge in [0.2, 0.25) is 0 Å². The summed E-state index contributed by atoms with van der Waals surface area (Å²) < 4.78 is 5.59. The van der Waals surface area contributed by atoms with E-state index in [1.165, 1.54) is 6.07 Å². The fraction of sp³-hybridized carbons (Fsp3) is 0.0714. The maximum absolute atomic E-state index is 12.1. The van der Waals surface area contributed by atoms with E-state index in [-0.39, 0.29) is 35.0 Å². The van der Waals surface area contributed by atoms with Crippen LogP contribution in [-0.2, 0) is 6.42 Å². The Balaban J connectivity index is 2.25. The molecular weight excluding hydrogens is 268 g/mol. The van der Waals surface area contributed by atoms with Crippen LogP contribution in [-0.4, -0.2) is 16.0 Å². The van der Waals surface area contributed by atoms with Crippen LogP contribution < -0.4 is 4.74 Å². The van der Waals surface area contributed by atoms with Crippen molar-refractivity contribution < 1.29 is 19.7 Å². The minimum atomic E-state index is -0.302. The van der Waals surface area contributed by atoms with Gasteiger partial charge in [0.25, 0.3) is 0 Å². The van der Waals surface area contributed by atoms with Crippen LogP contribution in [0.2, 0.25) is 5.02 Å². The van der Waals surface area contributed by atoms with Crippen molar-refractivity contribution in [3.05, 3.63) is 46.5 Å². The number of phenolic OH excluding ortho intramolecular Hbond substituents is 2. The van der Waals surface area contributed by atoms with Gasteiger partial charge in [-0.25, -0.2) is 0 Å². The molecule has 4 nitrogen and oxygen atoms in total. The number of para-hydroxylation sites is 1. The second-order valence-corrected chi connectivity index (χ2v) is 4.68. The number of aromatic hydroxyl groups is 2. The average Bonchev–Trinajstić information content (AvgIpc) is 2.46. The second-order valence-electron chi connectivity index (χ2n) is 4.27. The Kier molecular flexibility index (Phi) is 2.61. The standard InChI is InChI=1S/C14H9ClO4/c15-9-3-1-2-7-4-10(17)13-11(18)5-8(16)6-12(13)19-14(7)9/h1-3,5-6,16,18H,4H2. The molecule has 0 atom stereocenters. The molecule has 0 spiro atoms. The molecule has 2 N–H and O–H groups in total. The highest BCUT2D eigenvalue weighted by Gasteiger charge is 2.26. The van der Waals surface area contributed by atoms with Crippen LogP contribution in [0.3, 0.4) is 0 Å². The number of carbonyl (C=O) groups excluding carboxylic acids is 1. The van der Waals surface area contributed by atoms with E-state index in [2.05, 4.69) is 0 Å². The van der Waals surface area contributed by atoms with E-state index in [4.69, 9.17) is 16.3 Å². The van der Waals surface area contributed by atoms with E-state index in [1.54, 1.807) is 18.2 Å². The fourth-order valence-corrected chi connectivity index (χ4v) is 2.36. The molecule has 0 bridgehead atoms. The number of rotatable bonds is 0. The summed E-state index contributed by atoms with van der Waals surface area (Å²) in [4.78, 5) is 12.1. The van der Waals surface area contributed by atoms with Crippen molar-refractivity contribution in [2.24, 2.45) is 0 Å². The van der Waals surface area contributed by atoms with Gasteiger partial charge in [-0.05, 0) is 6.07 Å². The van der Waals surface area contributed by atoms with Gasteiger partial charge in [-0.3, -0.25) is 4.79 Å². The lowest BCUT2D eigenvalue weighted by molar-refractivity contribution is 0.0991. The van der Waals surface area contributed by atoms with Crippen LogP contribution in [0.25, 0.3) is 0 Å². The SMILES string of the molecule is O=C1Cc2cccc(Cl)c2Oc2cc(O)cc(O)c21. The first kappa shape index (κ1) is 11.9. The molecule has 0 aromatic heterocycles. The predicted octanol–water partition coefficient (Wildman–Crippen LogP) is 3.28. The van der Waals surface area contributed by atoms with Gasteiger partial charge in [0.1, 0.15) is 28.6 Å². The minimum Gasteiger partial charge on any atom is -0.508 e. The molecule has 19 heavy (non-hydrogen) atoms. The molecule has 0 aliphatic carbocycles. The molecule has 1 heterocycles. The Hall–Kier alpha value is -2.20. The van der Waals surface area contributed by atoms with Gasteiger partial charge in [0.05, 0.1) is 5.02 Å². The van der Waals surface area contributed by atoms with E-state index in [1.807, 2.05) is 0 Å². The maximum Gasteiger partial charge on any atom is 0.174 e. The van der Waals surface area contributed by atoms with Crippen LogP contribution in [0.4, 0.5) is 0 Å². The van der Waals surface area contributed by atoms with E-state index < -0.39 is 0 Å². The summed E-state index contributed by atoms with van der Waals surface area (Å²) in [6.45, 7) is 0. The van der Waals surface area contributed by atoms with E-state index in [0.29, 0.717) is 16.3 Å². The zero-order valence-corrected chi connectivity index (χ0v) is 10.4. The number of hydrogen-bond acceptors (Lipinski definition) is 4. The van der Waals surface area contributed by atoms with Crippen LogP contribution in [0.5, 0.6) is 23.0 Å². The Bertz CT molecular complexity index is 694. The topological polar surface area (TPSA) is 66.8 Å². The monoisotopic (exact) mass is 276 g/mol. The summed E-state index contributed by atoms with van der Waals surface area (Å²) in [7, 11) is 0. The Morgan fingerprint density at radius 3 is 2.79 bits per heavy atom. The number of ether oxygens (including phenoxy) is 1. The molecule has 5 heteroatoms. The van der Waals surface area contributed by atoms with Crippen LogP contribution in [0.15, 0.2) is 30.3 Å². The third kappa shape index (κ3) is 1.90. The van der Waals surface area contributed by atoms with E-state index >= 15 is 0 Å². The molecule has 0 fully saturated rings. The van der Waals surface area contributed by atoms with Gasteiger partial charge >= 0.3 is 0 Å². The predicted molar refractivity (Wildman–Crippen MR) is 69.3 cm³/mol. The number of hydrogen-bond donors (Lipinski definition) is 2. The van der Waals surface area contributed by atoms with Crippen LogP contribution >= 0.6 is 11.6 Å². The average molecular weight is 277 g/mol. The molecule has 2 aromatic carbocycles. The molecule has 2 aromatic rings. The minimum absolute atomic E-state index is 0.0602. The quantitative estimate of drug-likeness (QED) is 0.775. The number of phenols is 2. The van der Waals surface area contributed by atoms with Gasteiger partial charge in [-0.15, -0.1) is 0 Å². The van der Waals surface area contributed by atoms with Gasteiger partial charge in [-0.2, -0.15) is 0 Å². The summed E-state index contributed by atoms with van der Waals surface area (Å²) in [5.41, 5.74) is 0.706. The summed E-state index contributed by atoms with van der Waals surface area (Å²) in [6, 6.07) is 7.51. The van der Waals surface area contributed by atoms with Gasteiger partial charge < -0.3 is 14.9 Å². The molecular formula is C14H9ClO4. The first-order valence-electron chi connectivity index (χ1n) is 5.60. The van der Waals surface area contributed by atoms with Crippen LogP contribution in [0.1, 0.15) is 15.9 Å². The largest absolute Gasteiger partial charge is 0.508 e. The van der Waals surface area contributed by atoms with Crippen molar-refractivity contribution in [3.8, 4) is 23.0 Å². The van der Waals surface area contributed by atoms with Gasteiger partial charge in [0.15, 0.2) is 5.78 Å². The fourth-order valence-electron chi connectivity index (χ4n) is 2.13. The van der Waals surface area contributed by atoms with Crippen LogP contribution in [0, 0.1) is 0 Å². The normalized spacial score (nSPS) is 13.2. The summed E-state index contributed by atoms with van der Waals surface area (Å²) in [5, 5.41) is 19.6. The molecule has 1 aliphatic heterocycles. The van der Waals surface area contributed by atoms with Gasteiger partial charge in [-0.1, -0.05) is 23.7 Å². The first-order chi connectivity index (χ1) is 9.06. The Morgan fingerprint density at radius 1 is 1.21 bits per heavy atom. The zero-order valence-electron chi connectivity index (χ0n) is 9.68. The van der Waals surface area contributed by atoms with Gasteiger partial charge in [0, 0.05) is 24.1 Å². The number of benzene rings is 2. The van der Waals surface area contributed by atoms with Crippen molar-refractivity contribution in [2.75, 3.05) is 0 Å². The number of Topliss-reactive ketones (excluding diaryl/α,β-unsaturated/α-hetero) is 1. The first-order valence-corrected chi connectivity index (χ1v) is 5.98. The molecule has 3 rings (SSSR count). The van der Waals surface area contributed by atoms with E-state index in [0.717, 1.165) is 6.07 Å². The Morgan fingerprint density at radius 2 is 2.00 bits per heavy atom. The number of halogens is 1. The summed E-state index contributed by atoms with van der Waals surface area (Å²) in [6.07, 6.45) is 0.0846. The number of carbonyl (C=O) groups is 1. The molecule has 0 amide bonds. The second kappa shape index (κ2) is 4.17. The maximum atomic E-state index is 12.1. The summed E-state index contributed by atoms with van der Waals surface area (Å²) in [5.74, 6) is -0.285. The molecule has 0 radical (unpaired) electrons. The van der Waals surface area contributed by atoms with Crippen molar-refractivity contribution in [3.63, 3.8) is 0 Å². The highest BCUT2D eigenvalue weighted by molar-refractivity contribution is 6.32. The van der Waals surface area contributed by atoms with E-state index in [9.17, 15) is 15.0 Å². The lowest BCUT2D eigenvalue weighted by atomic mass is 10.0. The smallest absolute Gasteiger partial charge is 0.174 e. The molecule has 0 saturated carbocycles. The van der Waals surface area contributed by atoms with Crippen molar-refractivity contribution in [1.82, 2.24) is 0 Å². The summed E-state index contributed by atoms with van der Waals surface area (Å²) >= 11 is 6.05. The molecule has 0 unspecified atom stereocenters. The van der Waals surface area contributed by atoms with Crippen molar-refractivity contribution in [1.29, 1.82) is 0 Å². The Labute approximate surface area is 113 Å². The zero-order chi connectivity index (χ0) is 13.6.